The fraction of sp³-hybridized carbons (Fsp3) is 0.333. The Hall–Kier alpha value is -1.69. The number of nitrogens with one attached hydrogen (secondary N) is 1. The van der Waals surface area contributed by atoms with Gasteiger partial charge in [-0.05, 0) is 6.92 Å². The number of hydrogen-bond donors (Lipinski definition) is 1. The highest BCUT2D eigenvalue weighted by molar-refractivity contribution is 7.51. The van der Waals surface area contributed by atoms with Gasteiger partial charge in [-0.3, -0.25) is 9.05 Å². The molecule has 0 spiro atoms. The van der Waals surface area contributed by atoms with Crippen LogP contribution in [-0.2, 0) is 23.1 Å². The van der Waals surface area contributed by atoms with E-state index in [4.69, 9.17) is 4.74 Å². The maximum Gasteiger partial charge on any atom is 0.447 e. The third-order valence-electron chi connectivity index (χ3n) is 2.28. The van der Waals surface area contributed by atoms with Crippen LogP contribution in [0.2, 0.25) is 0 Å². The molecule has 0 fully saturated rings. The second-order valence-corrected chi connectivity index (χ2v) is 5.43. The predicted octanol–water partition coefficient (Wildman–Crippen LogP) is 1.94. The molecule has 0 saturated heterocycles. The Morgan fingerprint density at radius 3 is 2.35 bits per heavy atom. The van der Waals surface area contributed by atoms with Crippen molar-refractivity contribution in [2.45, 2.75) is 6.92 Å². The summed E-state index contributed by atoms with van der Waals surface area (Å²) in [5.74, 6) is -0.634. The first kappa shape index (κ1) is 16.4. The van der Waals surface area contributed by atoms with Crippen LogP contribution in [0.25, 0.3) is 0 Å². The normalized spacial score (nSPS) is 12.1. The molecule has 1 N–H and O–H groups in total. The number of hydrogen-bond acceptors (Lipinski definition) is 6. The molecule has 0 saturated carbocycles. The Kier molecular flexibility index (Phi) is 6.38. The largest absolute Gasteiger partial charge is 0.461 e. The summed E-state index contributed by atoms with van der Waals surface area (Å²) < 4.78 is 26.1. The summed E-state index contributed by atoms with van der Waals surface area (Å²) in [6, 6.07) is 8.66. The number of carbonyl (C=O) groups is 1. The average molecular weight is 300 g/mol. The summed E-state index contributed by atoms with van der Waals surface area (Å²) >= 11 is 0. The molecule has 0 radical (unpaired) electrons. The number of rotatable bonds is 7. The summed E-state index contributed by atoms with van der Waals surface area (Å²) in [4.78, 5) is 11.9. The third-order valence-corrected chi connectivity index (χ3v) is 3.59. The lowest BCUT2D eigenvalue weighted by Crippen LogP contribution is -2.22. The molecule has 0 unspecified atom stereocenters. The van der Waals surface area contributed by atoms with Gasteiger partial charge in [0, 0.05) is 19.8 Å². The zero-order valence-corrected chi connectivity index (χ0v) is 12.4. The second kappa shape index (κ2) is 7.79. The molecule has 0 atom stereocenters. The number of esters is 1. The van der Waals surface area contributed by atoms with Crippen LogP contribution in [0.4, 0.5) is 0 Å². The predicted molar refractivity (Wildman–Crippen MR) is 74.4 cm³/mol. The van der Waals surface area contributed by atoms with Crippen LogP contribution in [0.1, 0.15) is 12.5 Å². The smallest absolute Gasteiger partial charge is 0.447 e. The van der Waals surface area contributed by atoms with E-state index >= 15 is 0 Å². The van der Waals surface area contributed by atoms with E-state index < -0.39 is 13.7 Å². The fourth-order valence-corrected chi connectivity index (χ4v) is 1.83. The monoisotopic (exact) mass is 300 g/mol. The number of ether oxygens (including phenoxy) is 1. The van der Waals surface area contributed by atoms with E-state index in [1.54, 1.807) is 37.3 Å². The molecule has 8 heteroatoms. The summed E-state index contributed by atoms with van der Waals surface area (Å²) in [7, 11) is -1.14. The van der Waals surface area contributed by atoms with Gasteiger partial charge in [0.25, 0.3) is 0 Å². The van der Waals surface area contributed by atoms with Crippen molar-refractivity contribution in [3.63, 3.8) is 0 Å². The lowest BCUT2D eigenvalue weighted by molar-refractivity contribution is -0.134. The van der Waals surface area contributed by atoms with E-state index in [2.05, 4.69) is 19.3 Å². The van der Waals surface area contributed by atoms with E-state index in [1.807, 2.05) is 0 Å². The van der Waals surface area contributed by atoms with Crippen molar-refractivity contribution in [1.82, 2.24) is 5.20 Å². The van der Waals surface area contributed by atoms with E-state index in [0.717, 1.165) is 0 Å². The Morgan fingerprint density at radius 1 is 1.25 bits per heavy atom. The molecule has 0 aliphatic heterocycles. The quantitative estimate of drug-likeness (QED) is 0.358. The summed E-state index contributed by atoms with van der Waals surface area (Å²) in [5, 5.41) is 6.04. The Morgan fingerprint density at radius 2 is 1.85 bits per heavy atom. The van der Waals surface area contributed by atoms with E-state index in [-0.39, 0.29) is 12.3 Å². The summed E-state index contributed by atoms with van der Waals surface area (Å²) in [5.41, 5.74) is 0.513. The number of carbonyl (C=O) groups excluding carboxylic acids is 1. The van der Waals surface area contributed by atoms with E-state index in [1.165, 1.54) is 14.2 Å². The lowest BCUT2D eigenvalue weighted by Gasteiger charge is -2.13. The van der Waals surface area contributed by atoms with Crippen molar-refractivity contribution >= 4 is 19.4 Å². The zero-order chi connectivity index (χ0) is 15.0. The first-order valence-electron chi connectivity index (χ1n) is 5.85. The molecule has 0 aromatic heterocycles. The van der Waals surface area contributed by atoms with E-state index in [9.17, 15) is 9.36 Å². The van der Waals surface area contributed by atoms with Gasteiger partial charge in [0.15, 0.2) is 5.71 Å². The van der Waals surface area contributed by atoms with Crippen LogP contribution in [0.5, 0.6) is 0 Å². The van der Waals surface area contributed by atoms with Gasteiger partial charge < -0.3 is 4.74 Å². The Balaban J connectivity index is 3.06. The molecular formula is C12H17N2O5P. The van der Waals surface area contributed by atoms with Gasteiger partial charge in [0.2, 0.25) is 0 Å². The number of nitrogens with zero attached hydrogens (tertiary/aromatic N) is 1. The van der Waals surface area contributed by atoms with Gasteiger partial charge >= 0.3 is 13.7 Å². The molecule has 1 rings (SSSR count). The first-order chi connectivity index (χ1) is 9.56. The highest BCUT2D eigenvalue weighted by Gasteiger charge is 2.22. The fourth-order valence-electron chi connectivity index (χ4n) is 1.29. The summed E-state index contributed by atoms with van der Waals surface area (Å²) in [6.07, 6.45) is 0. The minimum atomic E-state index is -3.56. The minimum absolute atomic E-state index is 0.0122. The molecule has 20 heavy (non-hydrogen) atoms. The molecule has 0 aliphatic rings. The maximum atomic E-state index is 11.9. The number of benzene rings is 1. The molecule has 0 aliphatic carbocycles. The van der Waals surface area contributed by atoms with Gasteiger partial charge in [-0.1, -0.05) is 30.3 Å². The highest BCUT2D eigenvalue weighted by Crippen LogP contribution is 2.41. The molecular weight excluding hydrogens is 283 g/mol. The van der Waals surface area contributed by atoms with Crippen molar-refractivity contribution in [1.29, 1.82) is 0 Å². The van der Waals surface area contributed by atoms with Crippen LogP contribution in [-0.4, -0.2) is 32.5 Å². The standard InChI is InChI=1S/C12H17N2O5P/c1-4-19-12(15)11(10-8-6-5-7-9-10)13-14-20(16,17-2)18-3/h5-9H,4H2,1-3H3,(H,14,16)/b13-11+. The Bertz CT molecular complexity index is 510. The second-order valence-electron chi connectivity index (χ2n) is 3.51. The van der Waals surface area contributed by atoms with Crippen LogP contribution >= 0.6 is 7.75 Å². The van der Waals surface area contributed by atoms with Crippen molar-refractivity contribution in [2.75, 3.05) is 20.8 Å². The van der Waals surface area contributed by atoms with Gasteiger partial charge in [0.1, 0.15) is 0 Å². The minimum Gasteiger partial charge on any atom is -0.461 e. The van der Waals surface area contributed by atoms with Crippen LogP contribution in [0.3, 0.4) is 0 Å². The number of hydrazone groups is 1. The van der Waals surface area contributed by atoms with Crippen molar-refractivity contribution in [3.05, 3.63) is 35.9 Å². The van der Waals surface area contributed by atoms with Crippen molar-refractivity contribution < 1.29 is 23.1 Å². The topological polar surface area (TPSA) is 86.2 Å². The highest BCUT2D eigenvalue weighted by atomic mass is 31.2. The van der Waals surface area contributed by atoms with Crippen LogP contribution < -0.4 is 5.20 Å². The van der Waals surface area contributed by atoms with Gasteiger partial charge in [0.05, 0.1) is 6.61 Å². The average Bonchev–Trinajstić information content (AvgIpc) is 2.48. The molecule has 7 nitrogen and oxygen atoms in total. The van der Waals surface area contributed by atoms with Gasteiger partial charge in [-0.2, -0.15) is 5.10 Å². The lowest BCUT2D eigenvalue weighted by atomic mass is 10.1. The van der Waals surface area contributed by atoms with Crippen LogP contribution in [0, 0.1) is 0 Å². The van der Waals surface area contributed by atoms with Gasteiger partial charge in [-0.25, -0.2) is 14.6 Å². The SMILES string of the molecule is CCOC(=O)/C(=N/NP(=O)(OC)OC)c1ccccc1. The first-order valence-corrected chi connectivity index (χ1v) is 7.39. The van der Waals surface area contributed by atoms with Gasteiger partial charge in [-0.15, -0.1) is 0 Å². The molecule has 1 aromatic rings. The molecule has 0 heterocycles. The van der Waals surface area contributed by atoms with Crippen molar-refractivity contribution in [2.24, 2.45) is 5.10 Å². The maximum absolute atomic E-state index is 11.9. The molecule has 0 amide bonds. The molecule has 1 aromatic carbocycles. The zero-order valence-electron chi connectivity index (χ0n) is 11.5. The summed E-state index contributed by atoms with van der Waals surface area (Å²) in [6.45, 7) is 1.89. The molecule has 110 valence electrons. The molecule has 0 bridgehead atoms. The third kappa shape index (κ3) is 4.45. The van der Waals surface area contributed by atoms with Crippen molar-refractivity contribution in [3.8, 4) is 0 Å². The Labute approximate surface area is 117 Å². The van der Waals surface area contributed by atoms with Crippen LogP contribution in [0.15, 0.2) is 35.4 Å². The van der Waals surface area contributed by atoms with E-state index in [0.29, 0.717) is 5.56 Å².